The Kier molecular flexibility index (Phi) is 4.61. The molecule has 0 fully saturated rings. The first-order valence-corrected chi connectivity index (χ1v) is 7.80. The number of aldehydes is 4. The topological polar surface area (TPSA) is 102 Å². The lowest BCUT2D eigenvalue weighted by Gasteiger charge is -2.08. The molecule has 0 atom stereocenters. The molecule has 0 aliphatic heterocycles. The predicted molar refractivity (Wildman–Crippen MR) is 79.9 cm³/mol. The van der Waals surface area contributed by atoms with E-state index in [1.165, 1.54) is 24.3 Å². The highest BCUT2D eigenvalue weighted by Crippen LogP contribution is 2.24. The first kappa shape index (κ1) is 16.4. The first-order valence-electron chi connectivity index (χ1n) is 6.32. The zero-order valence-corrected chi connectivity index (χ0v) is 12.4. The van der Waals surface area contributed by atoms with E-state index in [1.54, 1.807) is 0 Å². The molecule has 7 heteroatoms. The molecule has 0 aliphatic carbocycles. The fourth-order valence-electron chi connectivity index (χ4n) is 1.99. The Balaban J connectivity index is 2.63. The molecule has 0 saturated carbocycles. The van der Waals surface area contributed by atoms with Gasteiger partial charge in [0.2, 0.25) is 9.84 Å². The average Bonchev–Trinajstić information content (AvgIpc) is 2.60. The minimum Gasteiger partial charge on any atom is -0.298 e. The van der Waals surface area contributed by atoms with Gasteiger partial charge in [0.1, 0.15) is 0 Å². The van der Waals surface area contributed by atoms with E-state index < -0.39 is 9.84 Å². The van der Waals surface area contributed by atoms with Crippen molar-refractivity contribution in [2.75, 3.05) is 0 Å². The van der Waals surface area contributed by atoms with Gasteiger partial charge < -0.3 is 0 Å². The lowest BCUT2D eigenvalue weighted by atomic mass is 10.1. The number of rotatable bonds is 6. The summed E-state index contributed by atoms with van der Waals surface area (Å²) >= 11 is 0. The number of hydrogen-bond acceptors (Lipinski definition) is 6. The average molecular weight is 330 g/mol. The van der Waals surface area contributed by atoms with Crippen LogP contribution in [0.4, 0.5) is 0 Å². The standard InChI is InChI=1S/C16H10O6S/c17-7-11-1-3-15(5-13(11)9-19)23(21,22)16-4-2-12(8-18)14(6-16)10-20/h1-10H. The van der Waals surface area contributed by atoms with E-state index in [0.29, 0.717) is 25.1 Å². The monoisotopic (exact) mass is 330 g/mol. The van der Waals surface area contributed by atoms with E-state index in [-0.39, 0.29) is 32.0 Å². The summed E-state index contributed by atoms with van der Waals surface area (Å²) in [5, 5.41) is 0. The van der Waals surface area contributed by atoms with Crippen molar-refractivity contribution in [1.29, 1.82) is 0 Å². The highest BCUT2D eigenvalue weighted by Gasteiger charge is 2.20. The third kappa shape index (κ3) is 3.00. The number of carbonyl (C=O) groups is 4. The summed E-state index contributed by atoms with van der Waals surface area (Å²) < 4.78 is 25.1. The van der Waals surface area contributed by atoms with Crippen molar-refractivity contribution in [1.82, 2.24) is 0 Å². The van der Waals surface area contributed by atoms with E-state index in [2.05, 4.69) is 0 Å². The second-order valence-electron chi connectivity index (χ2n) is 4.56. The molecule has 2 aromatic carbocycles. The van der Waals surface area contributed by atoms with Gasteiger partial charge in [0.05, 0.1) is 9.79 Å². The summed E-state index contributed by atoms with van der Waals surface area (Å²) in [6.07, 6.45) is 1.66. The summed E-state index contributed by atoms with van der Waals surface area (Å²) in [5.74, 6) is 0. The maximum atomic E-state index is 12.6. The Bertz CT molecular complexity index is 843. The van der Waals surface area contributed by atoms with Crippen molar-refractivity contribution < 1.29 is 27.6 Å². The van der Waals surface area contributed by atoms with Crippen molar-refractivity contribution >= 4 is 35.0 Å². The van der Waals surface area contributed by atoms with Crippen LogP contribution >= 0.6 is 0 Å². The number of carbonyl (C=O) groups excluding carboxylic acids is 4. The van der Waals surface area contributed by atoms with Crippen LogP contribution in [0.1, 0.15) is 41.4 Å². The summed E-state index contributed by atoms with van der Waals surface area (Å²) in [4.78, 5) is 43.1. The van der Waals surface area contributed by atoms with Crippen LogP contribution in [-0.4, -0.2) is 33.6 Å². The zero-order chi connectivity index (χ0) is 17.0. The molecule has 0 amide bonds. The van der Waals surface area contributed by atoms with Crippen LogP contribution < -0.4 is 0 Å². The lowest BCUT2D eigenvalue weighted by molar-refractivity contribution is 0.109. The second-order valence-corrected chi connectivity index (χ2v) is 6.51. The molecule has 116 valence electrons. The first-order chi connectivity index (χ1) is 11.0. The molecule has 0 saturated heterocycles. The number of benzene rings is 2. The molecule has 0 N–H and O–H groups in total. The Morgan fingerprint density at radius 1 is 0.565 bits per heavy atom. The summed E-state index contributed by atoms with van der Waals surface area (Å²) in [6.45, 7) is 0. The highest BCUT2D eigenvalue weighted by molar-refractivity contribution is 7.91. The Morgan fingerprint density at radius 2 is 0.913 bits per heavy atom. The maximum Gasteiger partial charge on any atom is 0.206 e. The fraction of sp³-hybridized carbons (Fsp3) is 0. The molecule has 0 aromatic heterocycles. The highest BCUT2D eigenvalue weighted by atomic mass is 32.2. The largest absolute Gasteiger partial charge is 0.298 e. The quantitative estimate of drug-likeness (QED) is 0.748. The van der Waals surface area contributed by atoms with Crippen LogP contribution in [0.5, 0.6) is 0 Å². The van der Waals surface area contributed by atoms with Crippen LogP contribution in [-0.2, 0) is 9.84 Å². The molecular weight excluding hydrogens is 320 g/mol. The molecular formula is C16H10O6S. The van der Waals surface area contributed by atoms with Gasteiger partial charge in [-0.15, -0.1) is 0 Å². The van der Waals surface area contributed by atoms with Gasteiger partial charge in [-0.2, -0.15) is 0 Å². The van der Waals surface area contributed by atoms with Gasteiger partial charge in [-0.3, -0.25) is 19.2 Å². The minimum absolute atomic E-state index is 0.0544. The summed E-state index contributed by atoms with van der Waals surface area (Å²) in [6, 6.07) is 7.01. The third-order valence-corrected chi connectivity index (χ3v) is 4.99. The van der Waals surface area contributed by atoms with Gasteiger partial charge in [0.15, 0.2) is 25.1 Å². The van der Waals surface area contributed by atoms with Crippen molar-refractivity contribution in [3.05, 3.63) is 58.7 Å². The SMILES string of the molecule is O=Cc1ccc(S(=O)(=O)c2ccc(C=O)c(C=O)c2)cc1C=O. The molecule has 0 unspecified atom stereocenters. The molecule has 2 aromatic rings. The lowest BCUT2D eigenvalue weighted by Crippen LogP contribution is -2.05. The van der Waals surface area contributed by atoms with E-state index in [0.717, 1.165) is 12.1 Å². The minimum atomic E-state index is -4.00. The van der Waals surface area contributed by atoms with E-state index in [4.69, 9.17) is 0 Å². The van der Waals surface area contributed by atoms with Crippen molar-refractivity contribution in [3.63, 3.8) is 0 Å². The molecule has 23 heavy (non-hydrogen) atoms. The number of sulfone groups is 1. The molecule has 0 aliphatic rings. The van der Waals surface area contributed by atoms with E-state index in [1.807, 2.05) is 0 Å². The smallest absolute Gasteiger partial charge is 0.206 e. The predicted octanol–water partition coefficient (Wildman–Crippen LogP) is 1.77. The summed E-state index contributed by atoms with van der Waals surface area (Å²) in [5.41, 5.74) is 0.0371. The van der Waals surface area contributed by atoms with E-state index >= 15 is 0 Å². The van der Waals surface area contributed by atoms with Crippen LogP contribution in [0.3, 0.4) is 0 Å². The van der Waals surface area contributed by atoms with Gasteiger partial charge in [-0.25, -0.2) is 8.42 Å². The molecule has 0 bridgehead atoms. The van der Waals surface area contributed by atoms with Gasteiger partial charge in [-0.1, -0.05) is 0 Å². The number of hydrogen-bond donors (Lipinski definition) is 0. The van der Waals surface area contributed by atoms with Crippen molar-refractivity contribution in [2.24, 2.45) is 0 Å². The van der Waals surface area contributed by atoms with Crippen LogP contribution in [0, 0.1) is 0 Å². The molecule has 0 heterocycles. The Morgan fingerprint density at radius 3 is 1.22 bits per heavy atom. The molecule has 0 radical (unpaired) electrons. The van der Waals surface area contributed by atoms with Gasteiger partial charge in [0.25, 0.3) is 0 Å². The second kappa shape index (κ2) is 6.45. The molecule has 0 spiro atoms. The molecule has 2 rings (SSSR count). The van der Waals surface area contributed by atoms with Crippen LogP contribution in [0.2, 0.25) is 0 Å². The van der Waals surface area contributed by atoms with Gasteiger partial charge in [-0.05, 0) is 36.4 Å². The summed E-state index contributed by atoms with van der Waals surface area (Å²) in [7, 11) is -4.00. The van der Waals surface area contributed by atoms with Crippen LogP contribution in [0.15, 0.2) is 46.2 Å². The van der Waals surface area contributed by atoms with Gasteiger partial charge in [0, 0.05) is 22.3 Å². The Labute approximate surface area is 131 Å². The van der Waals surface area contributed by atoms with Crippen LogP contribution in [0.25, 0.3) is 0 Å². The zero-order valence-electron chi connectivity index (χ0n) is 11.6. The third-order valence-electron chi connectivity index (χ3n) is 3.24. The maximum absolute atomic E-state index is 12.6. The fourth-order valence-corrected chi connectivity index (χ4v) is 3.33. The Hall–Kier alpha value is -2.93. The molecule has 6 nitrogen and oxygen atoms in total. The van der Waals surface area contributed by atoms with Crippen molar-refractivity contribution in [2.45, 2.75) is 9.79 Å². The normalized spacial score (nSPS) is 10.8. The van der Waals surface area contributed by atoms with Gasteiger partial charge >= 0.3 is 0 Å². The van der Waals surface area contributed by atoms with E-state index in [9.17, 15) is 27.6 Å². The van der Waals surface area contributed by atoms with Crippen molar-refractivity contribution in [3.8, 4) is 0 Å².